The van der Waals surface area contributed by atoms with E-state index in [2.05, 4.69) is 41.5 Å². The minimum atomic E-state index is 0. The molecule has 0 aliphatic heterocycles. The zero-order chi connectivity index (χ0) is 16.5. The smallest absolute Gasteiger partial charge is 0.188 e. The number of nitrogens with two attached hydrogens (primary N) is 1. The predicted octanol–water partition coefficient (Wildman–Crippen LogP) is 3.76. The molecular formula is C19H32IN3O. The van der Waals surface area contributed by atoms with Crippen LogP contribution in [0.15, 0.2) is 29.3 Å². The molecule has 0 amide bonds. The number of halogens is 1. The maximum absolute atomic E-state index is 6.03. The Morgan fingerprint density at radius 2 is 2.08 bits per heavy atom. The van der Waals surface area contributed by atoms with Gasteiger partial charge in [0.25, 0.3) is 0 Å². The van der Waals surface area contributed by atoms with E-state index in [1.807, 2.05) is 6.92 Å². The van der Waals surface area contributed by atoms with E-state index in [-0.39, 0.29) is 29.4 Å². The van der Waals surface area contributed by atoms with Gasteiger partial charge in [-0.3, -0.25) is 4.99 Å². The van der Waals surface area contributed by atoms with Crippen LogP contribution in [0.25, 0.3) is 0 Å². The normalized spacial score (nSPS) is 16.7. The molecule has 0 saturated heterocycles. The number of nitrogens with zero attached hydrogens (tertiary/aromatic N) is 1. The van der Waals surface area contributed by atoms with Crippen LogP contribution < -0.4 is 11.1 Å². The highest BCUT2D eigenvalue weighted by atomic mass is 127. The molecule has 1 aliphatic rings. The van der Waals surface area contributed by atoms with Gasteiger partial charge in [-0.1, -0.05) is 42.7 Å². The summed E-state index contributed by atoms with van der Waals surface area (Å²) < 4.78 is 5.32. The molecule has 0 radical (unpaired) electrons. The molecule has 0 heterocycles. The zero-order valence-electron chi connectivity index (χ0n) is 15.0. The lowest BCUT2D eigenvalue weighted by Gasteiger charge is -2.28. The molecule has 2 rings (SSSR count). The second-order valence-electron chi connectivity index (χ2n) is 6.54. The van der Waals surface area contributed by atoms with Crippen molar-refractivity contribution in [1.82, 2.24) is 5.32 Å². The van der Waals surface area contributed by atoms with Gasteiger partial charge in [0, 0.05) is 25.2 Å². The van der Waals surface area contributed by atoms with Crippen molar-refractivity contribution in [3.63, 3.8) is 0 Å². The molecule has 0 atom stereocenters. The van der Waals surface area contributed by atoms with Crippen molar-refractivity contribution >= 4 is 29.9 Å². The Morgan fingerprint density at radius 3 is 2.75 bits per heavy atom. The number of benzene rings is 1. The second kappa shape index (κ2) is 10.9. The van der Waals surface area contributed by atoms with E-state index in [1.54, 1.807) is 0 Å². The molecule has 136 valence electrons. The van der Waals surface area contributed by atoms with Crippen LogP contribution in [0.3, 0.4) is 0 Å². The number of hydrogen-bond donors (Lipinski definition) is 2. The molecular weight excluding hydrogens is 413 g/mol. The van der Waals surface area contributed by atoms with E-state index in [1.165, 1.54) is 36.8 Å². The van der Waals surface area contributed by atoms with Gasteiger partial charge < -0.3 is 15.8 Å². The van der Waals surface area contributed by atoms with Crippen LogP contribution in [0, 0.1) is 6.92 Å². The van der Waals surface area contributed by atoms with Gasteiger partial charge in [0.1, 0.15) is 0 Å². The maximum Gasteiger partial charge on any atom is 0.188 e. The van der Waals surface area contributed by atoms with Gasteiger partial charge >= 0.3 is 0 Å². The number of guanidine groups is 1. The molecule has 0 spiro atoms. The molecule has 0 bridgehead atoms. The van der Waals surface area contributed by atoms with E-state index in [9.17, 15) is 0 Å². The van der Waals surface area contributed by atoms with E-state index in [0.29, 0.717) is 5.96 Å². The van der Waals surface area contributed by atoms with Gasteiger partial charge in [0.05, 0.1) is 6.54 Å². The van der Waals surface area contributed by atoms with E-state index in [4.69, 9.17) is 10.5 Å². The van der Waals surface area contributed by atoms with Crippen LogP contribution in [0.4, 0.5) is 0 Å². The summed E-state index contributed by atoms with van der Waals surface area (Å²) in [5.74, 6) is 0.556. The fourth-order valence-corrected chi connectivity index (χ4v) is 3.39. The Labute approximate surface area is 163 Å². The first-order valence-electron chi connectivity index (χ1n) is 8.85. The Balaban J connectivity index is 0.00000288. The molecule has 4 nitrogen and oxygen atoms in total. The highest BCUT2D eigenvalue weighted by Crippen LogP contribution is 2.41. The van der Waals surface area contributed by atoms with Crippen molar-refractivity contribution in [1.29, 1.82) is 0 Å². The lowest BCUT2D eigenvalue weighted by molar-refractivity contribution is 0.145. The molecule has 5 heteroatoms. The summed E-state index contributed by atoms with van der Waals surface area (Å²) in [6.45, 7) is 7.29. The van der Waals surface area contributed by atoms with Crippen LogP contribution in [0.1, 0.15) is 50.2 Å². The van der Waals surface area contributed by atoms with Gasteiger partial charge in [-0.15, -0.1) is 24.0 Å². The fraction of sp³-hybridized carbons (Fsp3) is 0.632. The van der Waals surface area contributed by atoms with Crippen molar-refractivity contribution in [3.8, 4) is 0 Å². The number of hydrogen-bond acceptors (Lipinski definition) is 2. The molecule has 1 fully saturated rings. The first kappa shape index (κ1) is 21.2. The average molecular weight is 445 g/mol. The summed E-state index contributed by atoms with van der Waals surface area (Å²) >= 11 is 0. The summed E-state index contributed by atoms with van der Waals surface area (Å²) in [6.07, 6.45) is 5.93. The topological polar surface area (TPSA) is 59.6 Å². The molecule has 24 heavy (non-hydrogen) atoms. The Kier molecular flexibility index (Phi) is 9.66. The molecule has 1 saturated carbocycles. The monoisotopic (exact) mass is 445 g/mol. The molecule has 1 aliphatic carbocycles. The first-order chi connectivity index (χ1) is 11.2. The third-order valence-corrected chi connectivity index (χ3v) is 4.72. The Hall–Kier alpha value is -0.820. The standard InChI is InChI=1S/C19H31N3O.HI/c1-3-23-13-7-12-21-18(20)22-15-19(10-4-5-11-19)17-9-6-8-16(2)14-17;/h6,8-9,14H,3-5,7,10-13,15H2,1-2H3,(H3,20,21,22);1H. The lowest BCUT2D eigenvalue weighted by atomic mass is 9.78. The van der Waals surface area contributed by atoms with Gasteiger partial charge in [0.2, 0.25) is 0 Å². The summed E-state index contributed by atoms with van der Waals surface area (Å²) in [5, 5.41) is 3.19. The van der Waals surface area contributed by atoms with E-state index in [0.717, 1.165) is 32.7 Å². The van der Waals surface area contributed by atoms with Gasteiger partial charge in [0.15, 0.2) is 5.96 Å². The summed E-state index contributed by atoms with van der Waals surface area (Å²) in [4.78, 5) is 4.64. The van der Waals surface area contributed by atoms with Gasteiger partial charge in [-0.05, 0) is 38.7 Å². The molecule has 3 N–H and O–H groups in total. The van der Waals surface area contributed by atoms with Crippen molar-refractivity contribution < 1.29 is 4.74 Å². The van der Waals surface area contributed by atoms with Crippen molar-refractivity contribution in [2.24, 2.45) is 10.7 Å². The van der Waals surface area contributed by atoms with Crippen molar-refractivity contribution in [3.05, 3.63) is 35.4 Å². The molecule has 1 aromatic rings. The molecule has 0 unspecified atom stereocenters. The highest BCUT2D eigenvalue weighted by molar-refractivity contribution is 14.0. The van der Waals surface area contributed by atoms with Crippen LogP contribution in [0.5, 0.6) is 0 Å². The minimum absolute atomic E-state index is 0. The second-order valence-corrected chi connectivity index (χ2v) is 6.54. The zero-order valence-corrected chi connectivity index (χ0v) is 17.3. The van der Waals surface area contributed by atoms with Crippen LogP contribution in [-0.4, -0.2) is 32.3 Å². The molecule has 0 aromatic heterocycles. The number of rotatable bonds is 8. The first-order valence-corrected chi connectivity index (χ1v) is 8.85. The Bertz CT molecular complexity index is 513. The molecule has 1 aromatic carbocycles. The fourth-order valence-electron chi connectivity index (χ4n) is 3.39. The largest absolute Gasteiger partial charge is 0.382 e. The Morgan fingerprint density at radius 1 is 1.33 bits per heavy atom. The lowest BCUT2D eigenvalue weighted by Crippen LogP contribution is -2.35. The van der Waals surface area contributed by atoms with Gasteiger partial charge in [-0.25, -0.2) is 0 Å². The van der Waals surface area contributed by atoms with Crippen LogP contribution >= 0.6 is 24.0 Å². The van der Waals surface area contributed by atoms with Crippen molar-refractivity contribution in [2.75, 3.05) is 26.3 Å². The van der Waals surface area contributed by atoms with Crippen LogP contribution in [-0.2, 0) is 10.2 Å². The number of aliphatic imine (C=N–C) groups is 1. The van der Waals surface area contributed by atoms with Crippen molar-refractivity contribution in [2.45, 2.75) is 51.4 Å². The summed E-state index contributed by atoms with van der Waals surface area (Å²) in [6, 6.07) is 8.87. The predicted molar refractivity (Wildman–Crippen MR) is 112 cm³/mol. The van der Waals surface area contributed by atoms with E-state index < -0.39 is 0 Å². The average Bonchev–Trinajstić information content (AvgIpc) is 3.03. The minimum Gasteiger partial charge on any atom is -0.382 e. The maximum atomic E-state index is 6.03. The van der Waals surface area contributed by atoms with Crippen LogP contribution in [0.2, 0.25) is 0 Å². The SMILES string of the molecule is CCOCCCNC(N)=NCC1(c2cccc(C)c2)CCCC1.I. The summed E-state index contributed by atoms with van der Waals surface area (Å²) in [7, 11) is 0. The highest BCUT2D eigenvalue weighted by Gasteiger charge is 2.35. The summed E-state index contributed by atoms with van der Waals surface area (Å²) in [5.41, 5.74) is 8.94. The third-order valence-electron chi connectivity index (χ3n) is 4.72. The number of nitrogens with one attached hydrogen (secondary N) is 1. The van der Waals surface area contributed by atoms with E-state index >= 15 is 0 Å². The quantitative estimate of drug-likeness (QED) is 0.277. The number of aryl methyl sites for hydroxylation is 1. The van der Waals surface area contributed by atoms with Gasteiger partial charge in [-0.2, -0.15) is 0 Å². The number of ether oxygens (including phenoxy) is 1. The third kappa shape index (κ3) is 6.24.